The van der Waals surface area contributed by atoms with E-state index in [2.05, 4.69) is 17.4 Å². The highest BCUT2D eigenvalue weighted by Crippen LogP contribution is 2.16. The largest absolute Gasteiger partial charge is 0.352 e. The van der Waals surface area contributed by atoms with Gasteiger partial charge in [-0.05, 0) is 56.5 Å². The third-order valence-electron chi connectivity index (χ3n) is 3.84. The van der Waals surface area contributed by atoms with Gasteiger partial charge >= 0.3 is 0 Å². The first-order valence-electron chi connectivity index (χ1n) is 8.07. The number of benzene rings is 2. The van der Waals surface area contributed by atoms with E-state index in [1.165, 1.54) is 17.7 Å². The molecule has 0 atom stereocenters. The van der Waals surface area contributed by atoms with E-state index >= 15 is 0 Å². The van der Waals surface area contributed by atoms with Crippen LogP contribution in [0.3, 0.4) is 0 Å². The molecule has 24 heavy (non-hydrogen) atoms. The van der Waals surface area contributed by atoms with Crippen LogP contribution in [-0.4, -0.2) is 26.1 Å². The van der Waals surface area contributed by atoms with Crippen molar-refractivity contribution in [3.63, 3.8) is 0 Å². The third kappa shape index (κ3) is 4.68. The molecule has 0 spiro atoms. The second-order valence-corrected chi connectivity index (χ2v) is 8.47. The first-order valence-corrected chi connectivity index (χ1v) is 9.62. The molecule has 1 amide bonds. The van der Waals surface area contributed by atoms with Gasteiger partial charge in [-0.2, -0.15) is 0 Å². The monoisotopic (exact) mass is 345 g/mol. The number of hydrogen-bond acceptors (Lipinski definition) is 3. The number of hydrogen-bond donors (Lipinski definition) is 1. The van der Waals surface area contributed by atoms with Crippen LogP contribution in [0.5, 0.6) is 0 Å². The van der Waals surface area contributed by atoms with Crippen LogP contribution in [0.1, 0.15) is 36.2 Å². The number of carbonyl (C=O) groups excluding carboxylic acids is 1. The summed E-state index contributed by atoms with van der Waals surface area (Å²) in [6.45, 7) is 3.87. The molecular weight excluding hydrogens is 322 g/mol. The minimum absolute atomic E-state index is 0.184. The van der Waals surface area contributed by atoms with E-state index in [1.807, 2.05) is 18.2 Å². The van der Waals surface area contributed by atoms with E-state index in [9.17, 15) is 13.2 Å². The predicted molar refractivity (Wildman–Crippen MR) is 95.9 cm³/mol. The molecule has 4 nitrogen and oxygen atoms in total. The van der Waals surface area contributed by atoms with Crippen LogP contribution < -0.4 is 5.32 Å². The molecule has 0 saturated carbocycles. The molecule has 2 aromatic rings. The normalized spacial score (nSPS) is 11.5. The van der Waals surface area contributed by atoms with Gasteiger partial charge in [-0.25, -0.2) is 8.42 Å². The molecule has 0 saturated heterocycles. The zero-order valence-corrected chi connectivity index (χ0v) is 14.8. The van der Waals surface area contributed by atoms with E-state index in [-0.39, 0.29) is 10.8 Å². The fraction of sp³-hybridized carbons (Fsp3) is 0.316. The molecule has 0 radical (unpaired) electrons. The second kappa shape index (κ2) is 8.11. The molecule has 1 N–H and O–H groups in total. The third-order valence-corrected chi connectivity index (χ3v) is 6.01. The zero-order chi connectivity index (χ0) is 17.6. The Balaban J connectivity index is 1.87. The molecular formula is C19H23NO3S. The van der Waals surface area contributed by atoms with Gasteiger partial charge in [0.1, 0.15) is 0 Å². The Morgan fingerprint density at radius 3 is 2.21 bits per heavy atom. The van der Waals surface area contributed by atoms with Crippen LogP contribution in [0.15, 0.2) is 59.5 Å². The number of rotatable bonds is 7. The van der Waals surface area contributed by atoms with Crippen molar-refractivity contribution in [3.05, 3.63) is 65.7 Å². The van der Waals surface area contributed by atoms with Gasteiger partial charge in [0.15, 0.2) is 9.84 Å². The van der Waals surface area contributed by atoms with E-state index in [4.69, 9.17) is 0 Å². The first-order chi connectivity index (χ1) is 11.4. The standard InChI is InChI=1S/C19H23NO3S/c1-15(2)24(22,23)18-12-10-17(11-13-18)19(21)20-14-6-9-16-7-4-3-5-8-16/h3-5,7-8,10-13,15H,6,9,14H2,1-2H3,(H,20,21). The van der Waals surface area contributed by atoms with E-state index in [0.29, 0.717) is 12.1 Å². The van der Waals surface area contributed by atoms with Gasteiger partial charge in [-0.1, -0.05) is 30.3 Å². The fourth-order valence-corrected chi connectivity index (χ4v) is 3.37. The number of carbonyl (C=O) groups is 1. The van der Waals surface area contributed by atoms with Gasteiger partial charge in [0.2, 0.25) is 0 Å². The summed E-state index contributed by atoms with van der Waals surface area (Å²) in [6, 6.07) is 16.2. The van der Waals surface area contributed by atoms with E-state index in [0.717, 1.165) is 12.8 Å². The van der Waals surface area contributed by atoms with Crippen molar-refractivity contribution < 1.29 is 13.2 Å². The Morgan fingerprint density at radius 2 is 1.62 bits per heavy atom. The predicted octanol–water partition coefficient (Wildman–Crippen LogP) is 3.23. The van der Waals surface area contributed by atoms with Crippen molar-refractivity contribution in [1.29, 1.82) is 0 Å². The quantitative estimate of drug-likeness (QED) is 0.784. The fourth-order valence-electron chi connectivity index (χ4n) is 2.31. The number of aryl methyl sites for hydroxylation is 1. The molecule has 0 aliphatic carbocycles. The maximum atomic E-state index is 12.1. The maximum Gasteiger partial charge on any atom is 0.251 e. The summed E-state index contributed by atoms with van der Waals surface area (Å²) in [5.41, 5.74) is 1.72. The number of sulfone groups is 1. The average Bonchev–Trinajstić information content (AvgIpc) is 2.59. The van der Waals surface area contributed by atoms with E-state index in [1.54, 1.807) is 26.0 Å². The van der Waals surface area contributed by atoms with Crippen LogP contribution in [0.25, 0.3) is 0 Å². The van der Waals surface area contributed by atoms with Gasteiger partial charge in [-0.15, -0.1) is 0 Å². The minimum atomic E-state index is -3.30. The second-order valence-electron chi connectivity index (χ2n) is 5.96. The Morgan fingerprint density at radius 1 is 1.00 bits per heavy atom. The van der Waals surface area contributed by atoms with Crippen LogP contribution in [0.4, 0.5) is 0 Å². The van der Waals surface area contributed by atoms with Gasteiger partial charge < -0.3 is 5.32 Å². The van der Waals surface area contributed by atoms with Crippen molar-refractivity contribution in [3.8, 4) is 0 Å². The Labute approximate surface area is 143 Å². The molecule has 0 unspecified atom stereocenters. The maximum absolute atomic E-state index is 12.1. The highest BCUT2D eigenvalue weighted by molar-refractivity contribution is 7.92. The average molecular weight is 345 g/mol. The molecule has 2 rings (SSSR count). The topological polar surface area (TPSA) is 63.2 Å². The first kappa shape index (κ1) is 18.2. The molecule has 2 aromatic carbocycles. The summed E-state index contributed by atoms with van der Waals surface area (Å²) >= 11 is 0. The van der Waals surface area contributed by atoms with Crippen molar-refractivity contribution >= 4 is 15.7 Å². The summed E-state index contributed by atoms with van der Waals surface area (Å²) in [7, 11) is -3.30. The van der Waals surface area contributed by atoms with Crippen molar-refractivity contribution in [2.24, 2.45) is 0 Å². The lowest BCUT2D eigenvalue weighted by molar-refractivity contribution is 0.0953. The van der Waals surface area contributed by atoms with Crippen molar-refractivity contribution in [2.75, 3.05) is 6.54 Å². The van der Waals surface area contributed by atoms with Crippen LogP contribution in [0, 0.1) is 0 Å². The molecule has 0 heterocycles. The molecule has 0 aliphatic rings. The highest BCUT2D eigenvalue weighted by Gasteiger charge is 2.19. The zero-order valence-electron chi connectivity index (χ0n) is 14.0. The summed E-state index contributed by atoms with van der Waals surface area (Å²) in [4.78, 5) is 12.3. The van der Waals surface area contributed by atoms with Gasteiger partial charge in [-0.3, -0.25) is 4.79 Å². The molecule has 0 fully saturated rings. The molecule has 0 aromatic heterocycles. The molecule has 128 valence electrons. The lowest BCUT2D eigenvalue weighted by Crippen LogP contribution is -2.24. The summed E-state index contributed by atoms with van der Waals surface area (Å²) < 4.78 is 24.1. The van der Waals surface area contributed by atoms with E-state index < -0.39 is 15.1 Å². The van der Waals surface area contributed by atoms with Gasteiger partial charge in [0.05, 0.1) is 10.1 Å². The smallest absolute Gasteiger partial charge is 0.251 e. The van der Waals surface area contributed by atoms with Crippen LogP contribution in [0.2, 0.25) is 0 Å². The summed E-state index contributed by atoms with van der Waals surface area (Å²) in [6.07, 6.45) is 1.77. The summed E-state index contributed by atoms with van der Waals surface area (Å²) in [5.74, 6) is -0.184. The molecule has 0 aliphatic heterocycles. The Bertz CT molecular complexity index is 766. The highest BCUT2D eigenvalue weighted by atomic mass is 32.2. The van der Waals surface area contributed by atoms with Crippen LogP contribution >= 0.6 is 0 Å². The number of amides is 1. The van der Waals surface area contributed by atoms with Crippen molar-refractivity contribution in [2.45, 2.75) is 36.8 Å². The van der Waals surface area contributed by atoms with Crippen molar-refractivity contribution in [1.82, 2.24) is 5.32 Å². The lowest BCUT2D eigenvalue weighted by atomic mass is 10.1. The van der Waals surface area contributed by atoms with Gasteiger partial charge in [0.25, 0.3) is 5.91 Å². The SMILES string of the molecule is CC(C)S(=O)(=O)c1ccc(C(=O)NCCCc2ccccc2)cc1. The number of nitrogens with one attached hydrogen (secondary N) is 1. The Hall–Kier alpha value is -2.14. The Kier molecular flexibility index (Phi) is 6.15. The minimum Gasteiger partial charge on any atom is -0.352 e. The van der Waals surface area contributed by atoms with Crippen LogP contribution in [-0.2, 0) is 16.3 Å². The van der Waals surface area contributed by atoms with Gasteiger partial charge in [0, 0.05) is 12.1 Å². The summed E-state index contributed by atoms with van der Waals surface area (Å²) in [5, 5.41) is 2.39. The molecule has 5 heteroatoms. The molecule has 0 bridgehead atoms. The lowest BCUT2D eigenvalue weighted by Gasteiger charge is -2.09.